The molecule has 0 N–H and O–H groups in total. The zero-order valence-electron chi connectivity index (χ0n) is 13.1. The maximum absolute atomic E-state index is 13.5. The molecule has 25 heavy (non-hydrogen) atoms. The fraction of sp³-hybridized carbons (Fsp3) is 0.353. The zero-order valence-corrected chi connectivity index (χ0v) is 14.0. The van der Waals surface area contributed by atoms with Crippen molar-refractivity contribution in [1.29, 1.82) is 0 Å². The summed E-state index contributed by atoms with van der Waals surface area (Å²) in [7, 11) is 0. The highest BCUT2D eigenvalue weighted by atomic mass is 32.1. The van der Waals surface area contributed by atoms with E-state index in [1.807, 2.05) is 0 Å². The van der Waals surface area contributed by atoms with Crippen LogP contribution in [0.2, 0.25) is 0 Å². The van der Waals surface area contributed by atoms with Gasteiger partial charge in [0.15, 0.2) is 0 Å². The van der Waals surface area contributed by atoms with E-state index in [2.05, 4.69) is 9.97 Å². The van der Waals surface area contributed by atoms with E-state index in [1.165, 1.54) is 23.6 Å². The summed E-state index contributed by atoms with van der Waals surface area (Å²) in [5, 5.41) is 0.320. The summed E-state index contributed by atoms with van der Waals surface area (Å²) in [6, 6.07) is 4.52. The Bertz CT molecular complexity index is 992. The lowest BCUT2D eigenvalue weighted by Crippen LogP contribution is -2.29. The Morgan fingerprint density at radius 1 is 1.12 bits per heavy atom. The fourth-order valence-electron chi connectivity index (χ4n) is 3.27. The minimum absolute atomic E-state index is 0.0669. The van der Waals surface area contributed by atoms with Crippen LogP contribution < -0.4 is 5.56 Å². The molecule has 0 amide bonds. The van der Waals surface area contributed by atoms with Crippen molar-refractivity contribution >= 4 is 21.6 Å². The van der Waals surface area contributed by atoms with Crippen molar-refractivity contribution in [3.63, 3.8) is 0 Å². The summed E-state index contributed by atoms with van der Waals surface area (Å²) in [6.07, 6.45) is 1.10. The number of aromatic nitrogens is 3. The van der Waals surface area contributed by atoms with Crippen LogP contribution in [0.15, 0.2) is 29.2 Å². The third-order valence-corrected chi connectivity index (χ3v) is 5.56. The van der Waals surface area contributed by atoms with Crippen molar-refractivity contribution in [1.82, 2.24) is 14.5 Å². The Morgan fingerprint density at radius 2 is 1.92 bits per heavy atom. The number of nitrogens with zero attached hydrogens (tertiary/aromatic N) is 3. The van der Waals surface area contributed by atoms with E-state index >= 15 is 0 Å². The Hall–Kier alpha value is -2.22. The molecule has 0 atom stereocenters. The number of hydrogen-bond donors (Lipinski definition) is 0. The molecule has 0 radical (unpaired) electrons. The van der Waals surface area contributed by atoms with Gasteiger partial charge < -0.3 is 0 Å². The lowest BCUT2D eigenvalue weighted by atomic mass is 10.1. The highest BCUT2D eigenvalue weighted by Crippen LogP contribution is 2.36. The van der Waals surface area contributed by atoms with Crippen molar-refractivity contribution in [2.45, 2.75) is 38.3 Å². The first-order valence-corrected chi connectivity index (χ1v) is 8.84. The summed E-state index contributed by atoms with van der Waals surface area (Å²) in [5.41, 5.74) is 0.184. The van der Waals surface area contributed by atoms with Crippen LogP contribution in [0.4, 0.5) is 13.2 Å². The molecule has 1 aliphatic carbocycles. The van der Waals surface area contributed by atoms with Crippen LogP contribution in [-0.4, -0.2) is 14.5 Å². The van der Waals surface area contributed by atoms with Gasteiger partial charge in [0, 0.05) is 11.1 Å². The molecule has 0 saturated carbocycles. The standard InChI is InChI=1S/C17H14F3N3OS/c18-17(19,20)16-22-14-13(10-6-2-1-3-7-11(10)25-14)15(24)23(16)12-8-4-5-9-21-12/h4-5,8-9H,1-3,6-7H2. The van der Waals surface area contributed by atoms with E-state index in [4.69, 9.17) is 0 Å². The average Bonchev–Trinajstić information content (AvgIpc) is 2.77. The van der Waals surface area contributed by atoms with E-state index in [1.54, 1.807) is 12.1 Å². The normalized spacial score (nSPS) is 15.2. The number of hydrogen-bond acceptors (Lipinski definition) is 4. The SMILES string of the molecule is O=c1c2c3c(sc2nc(C(F)(F)F)n1-c1ccccn1)CCCCC3. The van der Waals surface area contributed by atoms with Gasteiger partial charge in [-0.2, -0.15) is 13.2 Å². The number of halogens is 3. The van der Waals surface area contributed by atoms with Crippen LogP contribution in [0.3, 0.4) is 0 Å². The van der Waals surface area contributed by atoms with E-state index in [9.17, 15) is 18.0 Å². The summed E-state index contributed by atoms with van der Waals surface area (Å²) < 4.78 is 41.2. The molecule has 0 aliphatic heterocycles. The molecule has 0 aromatic carbocycles. The molecule has 3 heterocycles. The van der Waals surface area contributed by atoms with Gasteiger partial charge >= 0.3 is 6.18 Å². The van der Waals surface area contributed by atoms with Gasteiger partial charge in [0.2, 0.25) is 5.82 Å². The average molecular weight is 365 g/mol. The molecular formula is C17H14F3N3OS. The summed E-state index contributed by atoms with van der Waals surface area (Å²) in [4.78, 5) is 22.0. The summed E-state index contributed by atoms with van der Waals surface area (Å²) >= 11 is 1.22. The van der Waals surface area contributed by atoms with Crippen LogP contribution in [-0.2, 0) is 19.0 Å². The van der Waals surface area contributed by atoms with Crippen molar-refractivity contribution in [3.8, 4) is 5.82 Å². The molecule has 4 rings (SSSR count). The number of fused-ring (bicyclic) bond motifs is 3. The Balaban J connectivity index is 2.09. The van der Waals surface area contributed by atoms with Gasteiger partial charge in [-0.15, -0.1) is 11.3 Å². The fourth-order valence-corrected chi connectivity index (χ4v) is 4.52. The first-order valence-electron chi connectivity index (χ1n) is 8.02. The third kappa shape index (κ3) is 2.74. The van der Waals surface area contributed by atoms with Crippen LogP contribution in [0.5, 0.6) is 0 Å². The van der Waals surface area contributed by atoms with E-state index in [-0.39, 0.29) is 10.6 Å². The van der Waals surface area contributed by atoms with Crippen molar-refractivity contribution in [2.75, 3.05) is 0 Å². The predicted octanol–water partition coefficient (Wildman–Crippen LogP) is 4.13. The van der Waals surface area contributed by atoms with Crippen molar-refractivity contribution in [2.24, 2.45) is 0 Å². The molecule has 130 valence electrons. The number of alkyl halides is 3. The predicted molar refractivity (Wildman–Crippen MR) is 89.3 cm³/mol. The monoisotopic (exact) mass is 365 g/mol. The van der Waals surface area contributed by atoms with Gasteiger partial charge in [-0.25, -0.2) is 14.5 Å². The number of thiophene rings is 1. The second-order valence-electron chi connectivity index (χ2n) is 6.01. The Kier molecular flexibility index (Phi) is 3.87. The zero-order chi connectivity index (χ0) is 17.6. The lowest BCUT2D eigenvalue weighted by molar-refractivity contribution is -0.146. The molecule has 4 nitrogen and oxygen atoms in total. The van der Waals surface area contributed by atoms with Crippen LogP contribution in [0.1, 0.15) is 35.5 Å². The van der Waals surface area contributed by atoms with Crippen molar-refractivity contribution in [3.05, 3.63) is 51.0 Å². The quantitative estimate of drug-likeness (QED) is 0.609. The van der Waals surface area contributed by atoms with Crippen LogP contribution >= 0.6 is 11.3 Å². The molecule has 0 bridgehead atoms. The maximum atomic E-state index is 13.5. The summed E-state index contributed by atoms with van der Waals surface area (Å²) in [6.45, 7) is 0. The van der Waals surface area contributed by atoms with Gasteiger partial charge in [0.25, 0.3) is 5.56 Å². The second kappa shape index (κ2) is 5.94. The molecule has 3 aromatic rings. The van der Waals surface area contributed by atoms with Gasteiger partial charge in [-0.05, 0) is 43.4 Å². The molecule has 0 spiro atoms. The van der Waals surface area contributed by atoms with Gasteiger partial charge in [0.1, 0.15) is 10.6 Å². The smallest absolute Gasteiger partial charge is 0.268 e. The highest BCUT2D eigenvalue weighted by molar-refractivity contribution is 7.18. The largest absolute Gasteiger partial charge is 0.450 e. The molecule has 8 heteroatoms. The van der Waals surface area contributed by atoms with Crippen LogP contribution in [0, 0.1) is 0 Å². The van der Waals surface area contributed by atoms with E-state index < -0.39 is 17.6 Å². The first-order chi connectivity index (χ1) is 12.0. The number of pyridine rings is 1. The van der Waals surface area contributed by atoms with E-state index in [0.717, 1.165) is 36.1 Å². The van der Waals surface area contributed by atoms with Crippen molar-refractivity contribution < 1.29 is 13.2 Å². The number of rotatable bonds is 1. The molecule has 1 aliphatic rings. The van der Waals surface area contributed by atoms with Gasteiger partial charge in [-0.3, -0.25) is 4.79 Å². The summed E-state index contributed by atoms with van der Waals surface area (Å²) in [5.74, 6) is -1.29. The topological polar surface area (TPSA) is 47.8 Å². The van der Waals surface area contributed by atoms with E-state index in [0.29, 0.717) is 16.4 Å². The minimum atomic E-state index is -4.74. The molecular weight excluding hydrogens is 351 g/mol. The Morgan fingerprint density at radius 3 is 2.64 bits per heavy atom. The van der Waals surface area contributed by atoms with Crippen LogP contribution in [0.25, 0.3) is 16.0 Å². The first kappa shape index (κ1) is 16.3. The Labute approximate surface area is 145 Å². The molecule has 0 saturated heterocycles. The molecule has 0 fully saturated rings. The number of aryl methyl sites for hydroxylation is 2. The second-order valence-corrected chi connectivity index (χ2v) is 7.09. The lowest BCUT2D eigenvalue weighted by Gasteiger charge is -2.14. The molecule has 3 aromatic heterocycles. The maximum Gasteiger partial charge on any atom is 0.450 e. The third-order valence-electron chi connectivity index (χ3n) is 4.37. The van der Waals surface area contributed by atoms with Gasteiger partial charge in [-0.1, -0.05) is 12.5 Å². The highest BCUT2D eigenvalue weighted by Gasteiger charge is 2.39. The minimum Gasteiger partial charge on any atom is -0.268 e. The van der Waals surface area contributed by atoms with Gasteiger partial charge in [0.05, 0.1) is 5.39 Å². The molecule has 0 unspecified atom stereocenters.